The van der Waals surface area contributed by atoms with Crippen molar-refractivity contribution in [3.63, 3.8) is 0 Å². The van der Waals surface area contributed by atoms with Gasteiger partial charge in [-0.25, -0.2) is 4.39 Å². The van der Waals surface area contributed by atoms with E-state index in [1.54, 1.807) is 12.1 Å². The van der Waals surface area contributed by atoms with Crippen molar-refractivity contribution in [2.45, 2.75) is 31.4 Å². The van der Waals surface area contributed by atoms with Gasteiger partial charge in [0.15, 0.2) is 11.0 Å². The molecule has 0 unspecified atom stereocenters. The van der Waals surface area contributed by atoms with Crippen LogP contribution in [0.1, 0.15) is 22.5 Å². The van der Waals surface area contributed by atoms with Gasteiger partial charge in [-0.3, -0.25) is 0 Å². The third kappa shape index (κ3) is 4.02. The second kappa shape index (κ2) is 8.10. The number of hydrogen-bond acceptors (Lipinski definition) is 4. The van der Waals surface area contributed by atoms with E-state index in [-0.39, 0.29) is 5.82 Å². The molecule has 7 heteroatoms. The largest absolute Gasteiger partial charge is 0.485 e. The molecule has 0 fully saturated rings. The highest BCUT2D eigenvalue weighted by atomic mass is 35.5. The van der Waals surface area contributed by atoms with Gasteiger partial charge in [-0.05, 0) is 43.2 Å². The quantitative estimate of drug-likeness (QED) is 0.548. The van der Waals surface area contributed by atoms with Crippen LogP contribution in [0, 0.1) is 19.7 Å². The Hall–Kier alpha value is -2.05. The van der Waals surface area contributed by atoms with E-state index in [0.717, 1.165) is 11.3 Å². The minimum absolute atomic E-state index is 0.314. The molecule has 4 nitrogen and oxygen atoms in total. The molecule has 0 bridgehead atoms. The van der Waals surface area contributed by atoms with Crippen LogP contribution in [0.25, 0.3) is 0 Å². The van der Waals surface area contributed by atoms with Gasteiger partial charge in [0.05, 0.1) is 0 Å². The number of hydrogen-bond donors (Lipinski definition) is 0. The van der Waals surface area contributed by atoms with Crippen LogP contribution in [0.2, 0.25) is 5.02 Å². The summed E-state index contributed by atoms with van der Waals surface area (Å²) >= 11 is 7.46. The van der Waals surface area contributed by atoms with Crippen LogP contribution in [0.15, 0.2) is 41.6 Å². The molecule has 0 atom stereocenters. The van der Waals surface area contributed by atoms with Crippen molar-refractivity contribution in [1.29, 1.82) is 0 Å². The summed E-state index contributed by atoms with van der Waals surface area (Å²) in [5, 5.41) is 9.45. The molecule has 0 aliphatic carbocycles. The molecule has 0 saturated heterocycles. The maximum Gasteiger partial charge on any atom is 0.191 e. The maximum absolute atomic E-state index is 13.9. The first-order valence-electron chi connectivity index (χ1n) is 8.10. The van der Waals surface area contributed by atoms with Crippen molar-refractivity contribution >= 4 is 23.4 Å². The number of benzene rings is 2. The summed E-state index contributed by atoms with van der Waals surface area (Å²) in [6, 6.07) is 10.6. The molecule has 0 aliphatic rings. The third-order valence-corrected chi connectivity index (χ3v) is 5.64. The fourth-order valence-electron chi connectivity index (χ4n) is 2.43. The summed E-state index contributed by atoms with van der Waals surface area (Å²) in [6.07, 6.45) is 0. The zero-order chi connectivity index (χ0) is 18.7. The van der Waals surface area contributed by atoms with E-state index in [1.807, 2.05) is 43.7 Å². The van der Waals surface area contributed by atoms with Gasteiger partial charge in [0, 0.05) is 23.4 Å². The first-order chi connectivity index (χ1) is 12.5. The second-order valence-electron chi connectivity index (χ2n) is 5.93. The third-order valence-electron chi connectivity index (χ3n) is 4.24. The zero-order valence-electron chi connectivity index (χ0n) is 14.8. The van der Waals surface area contributed by atoms with E-state index in [1.165, 1.54) is 23.4 Å². The first-order valence-corrected chi connectivity index (χ1v) is 9.46. The number of halogens is 2. The lowest BCUT2D eigenvalue weighted by Gasteiger charge is -2.10. The number of rotatable bonds is 6. The van der Waals surface area contributed by atoms with Crippen LogP contribution in [-0.4, -0.2) is 14.8 Å². The summed E-state index contributed by atoms with van der Waals surface area (Å²) in [5.41, 5.74) is 2.76. The standard InChI is InChI=1S/C19H19ClFN3OS/c1-12-6-4-9-17(13(12)2)25-10-18-22-23-19(24(18)3)26-11-14-15(20)7-5-8-16(14)21/h4-9H,10-11H2,1-3H3. The lowest BCUT2D eigenvalue weighted by Crippen LogP contribution is -2.05. The molecule has 0 N–H and O–H groups in total. The Balaban J connectivity index is 1.67. The SMILES string of the molecule is Cc1cccc(OCc2nnc(SCc3c(F)cccc3Cl)n2C)c1C. The number of aryl methyl sites for hydroxylation is 1. The number of thioether (sulfide) groups is 1. The Bertz CT molecular complexity index is 909. The van der Waals surface area contributed by atoms with Crippen molar-refractivity contribution in [1.82, 2.24) is 14.8 Å². The highest BCUT2D eigenvalue weighted by Gasteiger charge is 2.13. The maximum atomic E-state index is 13.9. The van der Waals surface area contributed by atoms with Crippen LogP contribution >= 0.6 is 23.4 Å². The molecule has 136 valence electrons. The molecular formula is C19H19ClFN3OS. The van der Waals surface area contributed by atoms with Crippen molar-refractivity contribution in [2.75, 3.05) is 0 Å². The zero-order valence-corrected chi connectivity index (χ0v) is 16.4. The molecule has 0 spiro atoms. The lowest BCUT2D eigenvalue weighted by atomic mass is 10.1. The molecule has 0 amide bonds. The smallest absolute Gasteiger partial charge is 0.191 e. The van der Waals surface area contributed by atoms with E-state index in [2.05, 4.69) is 10.2 Å². The Kier molecular flexibility index (Phi) is 5.84. The normalized spacial score (nSPS) is 11.0. The van der Waals surface area contributed by atoms with E-state index >= 15 is 0 Å². The monoisotopic (exact) mass is 391 g/mol. The summed E-state index contributed by atoms with van der Waals surface area (Å²) in [4.78, 5) is 0. The lowest BCUT2D eigenvalue weighted by molar-refractivity contribution is 0.288. The van der Waals surface area contributed by atoms with Gasteiger partial charge in [0.1, 0.15) is 18.2 Å². The Labute approximate surface area is 161 Å². The van der Waals surface area contributed by atoms with Crippen LogP contribution in [0.5, 0.6) is 5.75 Å². The minimum Gasteiger partial charge on any atom is -0.485 e. The molecule has 0 aliphatic heterocycles. The van der Waals surface area contributed by atoms with Crippen molar-refractivity contribution in [3.05, 3.63) is 69.8 Å². The molecule has 3 aromatic rings. The van der Waals surface area contributed by atoms with Crippen LogP contribution in [-0.2, 0) is 19.4 Å². The molecule has 0 saturated carbocycles. The van der Waals surface area contributed by atoms with Gasteiger partial charge in [-0.1, -0.05) is 41.6 Å². The van der Waals surface area contributed by atoms with Crippen molar-refractivity contribution < 1.29 is 9.13 Å². The highest BCUT2D eigenvalue weighted by Crippen LogP contribution is 2.28. The van der Waals surface area contributed by atoms with E-state index < -0.39 is 0 Å². The Morgan fingerprint density at radius 3 is 2.69 bits per heavy atom. The topological polar surface area (TPSA) is 39.9 Å². The van der Waals surface area contributed by atoms with Gasteiger partial charge in [0.2, 0.25) is 0 Å². The molecule has 1 aromatic heterocycles. The van der Waals surface area contributed by atoms with Crippen LogP contribution in [0.4, 0.5) is 4.39 Å². The summed E-state index contributed by atoms with van der Waals surface area (Å²) in [6.45, 7) is 4.39. The summed E-state index contributed by atoms with van der Waals surface area (Å²) in [7, 11) is 1.87. The van der Waals surface area contributed by atoms with Gasteiger partial charge in [0.25, 0.3) is 0 Å². The molecule has 0 radical (unpaired) electrons. The fraction of sp³-hybridized carbons (Fsp3) is 0.263. The van der Waals surface area contributed by atoms with Gasteiger partial charge < -0.3 is 9.30 Å². The molecule has 26 heavy (non-hydrogen) atoms. The summed E-state index contributed by atoms with van der Waals surface area (Å²) < 4.78 is 21.6. The molecule has 2 aromatic carbocycles. The average molecular weight is 392 g/mol. The van der Waals surface area contributed by atoms with Crippen LogP contribution in [0.3, 0.4) is 0 Å². The number of ether oxygens (including phenoxy) is 1. The fourth-order valence-corrected chi connectivity index (χ4v) is 3.70. The Morgan fingerprint density at radius 2 is 1.92 bits per heavy atom. The number of aromatic nitrogens is 3. The average Bonchev–Trinajstić information content (AvgIpc) is 2.96. The highest BCUT2D eigenvalue weighted by molar-refractivity contribution is 7.98. The predicted octanol–water partition coefficient (Wildman–Crippen LogP) is 5.10. The minimum atomic E-state index is -0.314. The first kappa shape index (κ1) is 18.7. The van der Waals surface area contributed by atoms with E-state index in [9.17, 15) is 4.39 Å². The van der Waals surface area contributed by atoms with Crippen LogP contribution < -0.4 is 4.74 Å². The molecule has 1 heterocycles. The summed E-state index contributed by atoms with van der Waals surface area (Å²) in [5.74, 6) is 1.61. The molecule has 3 rings (SSSR count). The van der Waals surface area contributed by atoms with E-state index in [4.69, 9.17) is 16.3 Å². The van der Waals surface area contributed by atoms with Gasteiger partial charge >= 0.3 is 0 Å². The van der Waals surface area contributed by atoms with E-state index in [0.29, 0.717) is 33.9 Å². The van der Waals surface area contributed by atoms with Gasteiger partial charge in [-0.15, -0.1) is 10.2 Å². The number of nitrogens with zero attached hydrogens (tertiary/aromatic N) is 3. The molecular weight excluding hydrogens is 373 g/mol. The van der Waals surface area contributed by atoms with Gasteiger partial charge in [-0.2, -0.15) is 0 Å². The van der Waals surface area contributed by atoms with Crippen molar-refractivity contribution in [3.8, 4) is 5.75 Å². The Morgan fingerprint density at radius 1 is 1.15 bits per heavy atom. The second-order valence-corrected chi connectivity index (χ2v) is 7.28. The predicted molar refractivity (Wildman–Crippen MR) is 102 cm³/mol. The van der Waals surface area contributed by atoms with Crippen molar-refractivity contribution in [2.24, 2.45) is 7.05 Å².